The first-order chi connectivity index (χ1) is 18.6. The van der Waals surface area contributed by atoms with Crippen LogP contribution in [-0.4, -0.2) is 67.0 Å². The Morgan fingerprint density at radius 2 is 1.49 bits per heavy atom. The van der Waals surface area contributed by atoms with E-state index in [2.05, 4.69) is 10.3 Å². The molecule has 39 heavy (non-hydrogen) atoms. The summed E-state index contributed by atoms with van der Waals surface area (Å²) in [5.74, 6) is -0.879. The van der Waals surface area contributed by atoms with Gasteiger partial charge in [0.1, 0.15) is 22.9 Å². The molecule has 0 aliphatic rings. The molecule has 0 amide bonds. The first-order valence-corrected chi connectivity index (χ1v) is 13.4. The molecule has 0 saturated carbocycles. The molecule has 0 aliphatic heterocycles. The normalized spacial score (nSPS) is 10.9. The highest BCUT2D eigenvalue weighted by Crippen LogP contribution is 2.35. The molecule has 12 nitrogen and oxygen atoms in total. The van der Waals surface area contributed by atoms with Gasteiger partial charge >= 0.3 is 11.9 Å². The Balaban J connectivity index is 2.36. The van der Waals surface area contributed by atoms with E-state index in [1.54, 1.807) is 26.0 Å². The van der Waals surface area contributed by atoms with Gasteiger partial charge in [-0.15, -0.1) is 0 Å². The predicted molar refractivity (Wildman–Crippen MR) is 144 cm³/mol. The molecule has 0 aliphatic carbocycles. The summed E-state index contributed by atoms with van der Waals surface area (Å²) in [5, 5.41) is 3.80. The number of ether oxygens (including phenoxy) is 6. The second-order valence-corrected chi connectivity index (χ2v) is 9.49. The van der Waals surface area contributed by atoms with E-state index in [1.165, 1.54) is 46.8 Å². The van der Waals surface area contributed by atoms with Gasteiger partial charge in [-0.3, -0.25) is 0 Å². The number of hydrogen-bond acceptors (Lipinski definition) is 12. The zero-order valence-corrected chi connectivity index (χ0v) is 23.4. The molecule has 0 bridgehead atoms. The minimum atomic E-state index is -3.80. The molecule has 2 rings (SSSR count). The number of sulfone groups is 1. The van der Waals surface area contributed by atoms with E-state index < -0.39 is 27.5 Å². The van der Waals surface area contributed by atoms with Crippen LogP contribution in [0.25, 0.3) is 6.08 Å². The molecular formula is C26H32N2O10S. The molecule has 1 aromatic carbocycles. The van der Waals surface area contributed by atoms with Crippen LogP contribution in [0.15, 0.2) is 41.6 Å². The Kier molecular flexibility index (Phi) is 11.6. The van der Waals surface area contributed by atoms with Gasteiger partial charge in [-0.05, 0) is 31.6 Å². The van der Waals surface area contributed by atoms with Crippen molar-refractivity contribution in [1.82, 2.24) is 4.98 Å². The van der Waals surface area contributed by atoms with E-state index in [0.29, 0.717) is 28.4 Å². The summed E-state index contributed by atoms with van der Waals surface area (Å²) in [6.45, 7) is 3.30. The summed E-state index contributed by atoms with van der Waals surface area (Å²) in [7, 11) is 1.94. The van der Waals surface area contributed by atoms with Crippen molar-refractivity contribution >= 4 is 33.5 Å². The van der Waals surface area contributed by atoms with Gasteiger partial charge in [-0.25, -0.2) is 23.0 Å². The first kappa shape index (κ1) is 31.0. The largest absolute Gasteiger partial charge is 0.496 e. The number of rotatable bonds is 14. The lowest BCUT2D eigenvalue weighted by Crippen LogP contribution is -2.19. The fraction of sp³-hybridized carbons (Fsp3) is 0.346. The van der Waals surface area contributed by atoms with E-state index in [-0.39, 0.29) is 30.4 Å². The summed E-state index contributed by atoms with van der Waals surface area (Å²) < 4.78 is 56.8. The van der Waals surface area contributed by atoms with Crippen LogP contribution in [0.5, 0.6) is 23.1 Å². The summed E-state index contributed by atoms with van der Waals surface area (Å²) >= 11 is 0. The zero-order valence-electron chi connectivity index (χ0n) is 22.6. The van der Waals surface area contributed by atoms with Crippen LogP contribution in [0.2, 0.25) is 0 Å². The van der Waals surface area contributed by atoms with Crippen LogP contribution >= 0.6 is 0 Å². The molecule has 212 valence electrons. The lowest BCUT2D eigenvalue weighted by molar-refractivity contribution is -0.146. The Morgan fingerprint density at radius 1 is 0.897 bits per heavy atom. The molecule has 0 atom stereocenters. The number of pyridine rings is 1. The fourth-order valence-electron chi connectivity index (χ4n) is 3.26. The predicted octanol–water partition coefficient (Wildman–Crippen LogP) is 3.12. The molecule has 13 heteroatoms. The zero-order chi connectivity index (χ0) is 29.0. The maximum absolute atomic E-state index is 12.9. The van der Waals surface area contributed by atoms with Crippen LogP contribution in [0, 0.1) is 0 Å². The van der Waals surface area contributed by atoms with Crippen molar-refractivity contribution in [3.8, 4) is 23.1 Å². The molecule has 0 spiro atoms. The number of hydrogen-bond donors (Lipinski definition) is 1. The maximum atomic E-state index is 12.9. The number of methoxy groups -OCH3 is 4. The lowest BCUT2D eigenvalue weighted by Gasteiger charge is -2.12. The fourth-order valence-corrected chi connectivity index (χ4v) is 4.32. The number of esters is 2. The van der Waals surface area contributed by atoms with Crippen LogP contribution in [-0.2, 0) is 34.7 Å². The second kappa shape index (κ2) is 14.6. The Hall–Kier alpha value is -4.26. The monoisotopic (exact) mass is 564 g/mol. The third-order valence-corrected chi connectivity index (χ3v) is 6.31. The number of carbonyl (C=O) groups is 2. The van der Waals surface area contributed by atoms with Gasteiger partial charge in [-0.2, -0.15) is 0 Å². The highest BCUT2D eigenvalue weighted by Gasteiger charge is 2.22. The number of benzene rings is 1. The second-order valence-electron chi connectivity index (χ2n) is 7.60. The van der Waals surface area contributed by atoms with E-state index in [0.717, 1.165) is 11.6 Å². The number of anilines is 1. The van der Waals surface area contributed by atoms with Gasteiger partial charge in [0.2, 0.25) is 5.88 Å². The number of nitrogens with zero attached hydrogens (tertiary/aromatic N) is 1. The van der Waals surface area contributed by atoms with E-state index >= 15 is 0 Å². The Morgan fingerprint density at radius 3 is 1.97 bits per heavy atom. The summed E-state index contributed by atoms with van der Waals surface area (Å²) in [6, 6.07) is 4.68. The topological polar surface area (TPSA) is 149 Å². The van der Waals surface area contributed by atoms with Gasteiger partial charge in [0.25, 0.3) is 0 Å². The van der Waals surface area contributed by atoms with Crippen molar-refractivity contribution in [3.05, 3.63) is 52.7 Å². The summed E-state index contributed by atoms with van der Waals surface area (Å²) in [4.78, 5) is 28.6. The van der Waals surface area contributed by atoms with Crippen LogP contribution in [0.1, 0.15) is 25.0 Å². The first-order valence-electron chi connectivity index (χ1n) is 11.7. The number of carbonyl (C=O) groups excluding carboxylic acids is 2. The molecule has 0 unspecified atom stereocenters. The molecule has 1 N–H and O–H groups in total. The molecule has 0 fully saturated rings. The van der Waals surface area contributed by atoms with Gasteiger partial charge in [0.15, 0.2) is 15.4 Å². The van der Waals surface area contributed by atoms with Gasteiger partial charge in [0.05, 0.1) is 53.0 Å². The molecule has 0 radical (unpaired) electrons. The van der Waals surface area contributed by atoms with Gasteiger partial charge in [0, 0.05) is 29.9 Å². The SMILES string of the molecule is CCOC(=O)C(=CNc1cc(CS(=O)(=O)C=Cc2c(OC)cc(OC)cc2OC)cnc1OC)C(=O)OCC. The lowest BCUT2D eigenvalue weighted by atomic mass is 10.1. The van der Waals surface area contributed by atoms with Crippen LogP contribution in [0.4, 0.5) is 5.69 Å². The van der Waals surface area contributed by atoms with E-state index in [4.69, 9.17) is 28.4 Å². The smallest absolute Gasteiger partial charge is 0.347 e. The van der Waals surface area contributed by atoms with Crippen molar-refractivity contribution in [3.63, 3.8) is 0 Å². The minimum absolute atomic E-state index is 0.0512. The quantitative estimate of drug-likeness (QED) is 0.155. The molecular weight excluding hydrogens is 532 g/mol. The average molecular weight is 565 g/mol. The minimum Gasteiger partial charge on any atom is -0.496 e. The van der Waals surface area contributed by atoms with Crippen molar-refractivity contribution in [2.45, 2.75) is 19.6 Å². The van der Waals surface area contributed by atoms with E-state index in [9.17, 15) is 18.0 Å². The summed E-state index contributed by atoms with van der Waals surface area (Å²) in [6.07, 6.45) is 3.80. The van der Waals surface area contributed by atoms with Crippen molar-refractivity contribution in [2.24, 2.45) is 0 Å². The molecule has 1 heterocycles. The van der Waals surface area contributed by atoms with Crippen molar-refractivity contribution < 1.29 is 46.4 Å². The average Bonchev–Trinajstić information content (AvgIpc) is 2.91. The highest BCUT2D eigenvalue weighted by molar-refractivity contribution is 7.93. The van der Waals surface area contributed by atoms with E-state index in [1.807, 2.05) is 0 Å². The third-order valence-electron chi connectivity index (χ3n) is 5.03. The van der Waals surface area contributed by atoms with Crippen LogP contribution < -0.4 is 24.3 Å². The Labute approximate surface area is 227 Å². The molecule has 0 saturated heterocycles. The van der Waals surface area contributed by atoms with Gasteiger partial charge in [-0.1, -0.05) is 0 Å². The highest BCUT2D eigenvalue weighted by atomic mass is 32.2. The number of aromatic nitrogens is 1. The van der Waals surface area contributed by atoms with Crippen LogP contribution in [0.3, 0.4) is 0 Å². The van der Waals surface area contributed by atoms with Crippen molar-refractivity contribution in [1.29, 1.82) is 0 Å². The van der Waals surface area contributed by atoms with Crippen molar-refractivity contribution in [2.75, 3.05) is 47.0 Å². The Bertz CT molecular complexity index is 1290. The summed E-state index contributed by atoms with van der Waals surface area (Å²) in [5.41, 5.74) is 0.539. The molecule has 1 aromatic heterocycles. The standard InChI is InChI=1S/C26H32N2O10S/c1-7-37-25(29)20(26(30)38-8-2)15-27-21-11-17(14-28-24(21)36-6)16-39(31,32)10-9-19-22(34-4)12-18(33-3)13-23(19)35-5/h9-15,27H,7-8,16H2,1-6H3. The third kappa shape index (κ3) is 8.64. The van der Waals surface area contributed by atoms with Gasteiger partial charge < -0.3 is 33.7 Å². The maximum Gasteiger partial charge on any atom is 0.347 e. The molecule has 2 aromatic rings. The number of nitrogens with one attached hydrogen (secondary N) is 1.